The molecule has 4 nitrogen and oxygen atoms in total. The monoisotopic (exact) mass is 312 g/mol. The summed E-state index contributed by atoms with van der Waals surface area (Å²) < 4.78 is 10.6. The molecule has 0 aliphatic heterocycles. The molecule has 0 atom stereocenters. The van der Waals surface area contributed by atoms with Gasteiger partial charge in [0.1, 0.15) is 0 Å². The van der Waals surface area contributed by atoms with Gasteiger partial charge in [0.25, 0.3) is 0 Å². The normalized spacial score (nSPS) is 11.2. The zero-order valence-corrected chi connectivity index (χ0v) is 13.7. The molecule has 0 spiro atoms. The Kier molecular flexibility index (Phi) is 5.06. The lowest BCUT2D eigenvalue weighted by atomic mass is 9.96. The number of hydrogen-bond donors (Lipinski definition) is 1. The maximum Gasteiger partial charge on any atom is 0.336 e. The molecular formula is C19H20O4. The first-order valence-corrected chi connectivity index (χ1v) is 7.21. The van der Waals surface area contributed by atoms with E-state index in [0.717, 1.165) is 11.1 Å². The van der Waals surface area contributed by atoms with E-state index in [2.05, 4.69) is 0 Å². The molecule has 0 saturated heterocycles. The van der Waals surface area contributed by atoms with Crippen LogP contribution in [0.3, 0.4) is 0 Å². The number of carbonyl (C=O) groups is 1. The van der Waals surface area contributed by atoms with E-state index in [0.29, 0.717) is 22.6 Å². The Hall–Kier alpha value is -2.75. The second kappa shape index (κ2) is 7.01. The summed E-state index contributed by atoms with van der Waals surface area (Å²) in [6, 6.07) is 11.1. The zero-order valence-electron chi connectivity index (χ0n) is 13.7. The van der Waals surface area contributed by atoms with Crippen LogP contribution in [0.4, 0.5) is 0 Å². The Morgan fingerprint density at radius 3 is 2.39 bits per heavy atom. The second-order valence-corrected chi connectivity index (χ2v) is 5.26. The molecule has 0 bridgehead atoms. The molecule has 0 heterocycles. The number of carboxylic acids is 1. The molecule has 2 aromatic rings. The lowest BCUT2D eigenvalue weighted by Gasteiger charge is -2.12. The lowest BCUT2D eigenvalue weighted by molar-refractivity contribution is -0.130. The number of rotatable bonds is 5. The van der Waals surface area contributed by atoms with E-state index in [4.69, 9.17) is 9.47 Å². The first kappa shape index (κ1) is 16.6. The van der Waals surface area contributed by atoms with Crippen LogP contribution in [0.5, 0.6) is 11.5 Å². The fourth-order valence-corrected chi connectivity index (χ4v) is 2.55. The Balaban J connectivity index is 2.63. The van der Waals surface area contributed by atoms with E-state index < -0.39 is 5.97 Å². The van der Waals surface area contributed by atoms with Crippen molar-refractivity contribution in [3.63, 3.8) is 0 Å². The van der Waals surface area contributed by atoms with Gasteiger partial charge in [-0.15, -0.1) is 0 Å². The van der Waals surface area contributed by atoms with E-state index >= 15 is 0 Å². The molecule has 23 heavy (non-hydrogen) atoms. The van der Waals surface area contributed by atoms with Crippen LogP contribution in [0.2, 0.25) is 0 Å². The fourth-order valence-electron chi connectivity index (χ4n) is 2.55. The van der Waals surface area contributed by atoms with Crippen molar-refractivity contribution in [3.05, 3.63) is 58.7 Å². The van der Waals surface area contributed by atoms with Crippen LogP contribution in [0.25, 0.3) is 11.6 Å². The minimum Gasteiger partial charge on any atom is -0.493 e. The van der Waals surface area contributed by atoms with Gasteiger partial charge in [-0.05, 0) is 37.1 Å². The molecule has 0 unspecified atom stereocenters. The van der Waals surface area contributed by atoms with Crippen LogP contribution in [0, 0.1) is 13.8 Å². The minimum atomic E-state index is -0.984. The van der Waals surface area contributed by atoms with Crippen molar-refractivity contribution in [3.8, 4) is 11.5 Å². The number of methoxy groups -OCH3 is 2. The van der Waals surface area contributed by atoms with Crippen molar-refractivity contribution in [2.45, 2.75) is 13.8 Å². The van der Waals surface area contributed by atoms with Gasteiger partial charge in [-0.2, -0.15) is 0 Å². The van der Waals surface area contributed by atoms with Crippen molar-refractivity contribution >= 4 is 17.6 Å². The fraction of sp³-hybridized carbons (Fsp3) is 0.211. The summed E-state index contributed by atoms with van der Waals surface area (Å²) in [5.41, 5.74) is 3.57. The molecule has 0 radical (unpaired) electrons. The Bertz CT molecular complexity index is 760. The SMILES string of the molecule is COc1cccc(/C=C(\C(=O)O)c2ccc(C)cc2C)c1OC. The van der Waals surface area contributed by atoms with Gasteiger partial charge >= 0.3 is 5.97 Å². The molecule has 4 heteroatoms. The van der Waals surface area contributed by atoms with Gasteiger partial charge in [0, 0.05) is 5.56 Å². The highest BCUT2D eigenvalue weighted by molar-refractivity contribution is 6.21. The van der Waals surface area contributed by atoms with Gasteiger partial charge in [0.15, 0.2) is 11.5 Å². The summed E-state index contributed by atoms with van der Waals surface area (Å²) in [6.45, 7) is 3.88. The topological polar surface area (TPSA) is 55.8 Å². The average Bonchev–Trinajstić information content (AvgIpc) is 2.52. The second-order valence-electron chi connectivity index (χ2n) is 5.26. The largest absolute Gasteiger partial charge is 0.493 e. The minimum absolute atomic E-state index is 0.217. The van der Waals surface area contributed by atoms with Crippen LogP contribution in [0.1, 0.15) is 22.3 Å². The van der Waals surface area contributed by atoms with Crippen molar-refractivity contribution in [2.24, 2.45) is 0 Å². The van der Waals surface area contributed by atoms with E-state index in [1.54, 1.807) is 31.4 Å². The highest BCUT2D eigenvalue weighted by Gasteiger charge is 2.15. The van der Waals surface area contributed by atoms with Crippen molar-refractivity contribution in [2.75, 3.05) is 14.2 Å². The zero-order chi connectivity index (χ0) is 17.0. The quantitative estimate of drug-likeness (QED) is 0.671. The van der Waals surface area contributed by atoms with Crippen LogP contribution in [0.15, 0.2) is 36.4 Å². The highest BCUT2D eigenvalue weighted by atomic mass is 16.5. The van der Waals surface area contributed by atoms with Crippen LogP contribution >= 0.6 is 0 Å². The molecule has 120 valence electrons. The number of ether oxygens (including phenoxy) is 2. The predicted octanol–water partition coefficient (Wildman–Crippen LogP) is 3.95. The summed E-state index contributed by atoms with van der Waals surface area (Å²) in [4.78, 5) is 11.8. The number of hydrogen-bond acceptors (Lipinski definition) is 3. The molecule has 1 N–H and O–H groups in total. The molecule has 0 aliphatic carbocycles. The van der Waals surface area contributed by atoms with E-state index in [-0.39, 0.29) is 5.57 Å². The first-order valence-electron chi connectivity index (χ1n) is 7.21. The van der Waals surface area contributed by atoms with Gasteiger partial charge in [-0.25, -0.2) is 4.79 Å². The predicted molar refractivity (Wildman–Crippen MR) is 91.0 cm³/mol. The van der Waals surface area contributed by atoms with Gasteiger partial charge in [-0.3, -0.25) is 0 Å². The molecule has 0 aliphatic rings. The average molecular weight is 312 g/mol. The highest BCUT2D eigenvalue weighted by Crippen LogP contribution is 2.34. The molecule has 0 fully saturated rings. The molecular weight excluding hydrogens is 292 g/mol. The number of para-hydroxylation sites is 1. The van der Waals surface area contributed by atoms with Crippen molar-refractivity contribution in [1.29, 1.82) is 0 Å². The Labute approximate surface area is 136 Å². The van der Waals surface area contributed by atoms with E-state index in [1.807, 2.05) is 32.0 Å². The maximum absolute atomic E-state index is 11.8. The number of aliphatic carboxylic acids is 1. The summed E-state index contributed by atoms with van der Waals surface area (Å²) in [5.74, 6) is 0.0898. The Morgan fingerprint density at radius 2 is 1.83 bits per heavy atom. The third kappa shape index (κ3) is 3.54. The number of aryl methyl sites for hydroxylation is 2. The smallest absolute Gasteiger partial charge is 0.336 e. The number of benzene rings is 2. The molecule has 2 rings (SSSR count). The lowest BCUT2D eigenvalue weighted by Crippen LogP contribution is -2.02. The summed E-state index contributed by atoms with van der Waals surface area (Å²) in [7, 11) is 3.08. The van der Waals surface area contributed by atoms with Crippen LogP contribution < -0.4 is 9.47 Å². The molecule has 0 aromatic heterocycles. The van der Waals surface area contributed by atoms with Gasteiger partial charge in [0.2, 0.25) is 0 Å². The van der Waals surface area contributed by atoms with E-state index in [1.165, 1.54) is 7.11 Å². The van der Waals surface area contributed by atoms with Crippen molar-refractivity contribution in [1.82, 2.24) is 0 Å². The van der Waals surface area contributed by atoms with Crippen LogP contribution in [-0.4, -0.2) is 25.3 Å². The molecule has 0 saturated carbocycles. The van der Waals surface area contributed by atoms with Crippen molar-refractivity contribution < 1.29 is 19.4 Å². The molecule has 0 amide bonds. The number of carboxylic acid groups (broad SMARTS) is 1. The van der Waals surface area contributed by atoms with Gasteiger partial charge in [-0.1, -0.05) is 35.9 Å². The standard InChI is InChI=1S/C19H20O4/c1-12-8-9-15(13(2)10-12)16(19(20)21)11-14-6-5-7-17(22-3)18(14)23-4/h5-11H,1-4H3,(H,20,21)/b16-11-. The summed E-state index contributed by atoms with van der Waals surface area (Å²) in [5, 5.41) is 9.63. The summed E-state index contributed by atoms with van der Waals surface area (Å²) >= 11 is 0. The molecule has 2 aromatic carbocycles. The first-order chi connectivity index (χ1) is 11.0. The Morgan fingerprint density at radius 1 is 1.09 bits per heavy atom. The maximum atomic E-state index is 11.8. The van der Waals surface area contributed by atoms with E-state index in [9.17, 15) is 9.90 Å². The third-order valence-electron chi connectivity index (χ3n) is 3.64. The van der Waals surface area contributed by atoms with Gasteiger partial charge < -0.3 is 14.6 Å². The summed E-state index contributed by atoms with van der Waals surface area (Å²) in [6.07, 6.45) is 1.61. The van der Waals surface area contributed by atoms with Gasteiger partial charge in [0.05, 0.1) is 19.8 Å². The van der Waals surface area contributed by atoms with Crippen LogP contribution in [-0.2, 0) is 4.79 Å². The third-order valence-corrected chi connectivity index (χ3v) is 3.64.